The average Bonchev–Trinajstić information content (AvgIpc) is 3.31. The molecular weight excluding hydrogens is 428 g/mol. The zero-order valence-electron chi connectivity index (χ0n) is 20.2. The second-order valence-corrected chi connectivity index (χ2v) is 9.05. The van der Waals surface area contributed by atoms with Crippen molar-refractivity contribution in [3.8, 4) is 0 Å². The summed E-state index contributed by atoms with van der Waals surface area (Å²) in [7, 11) is 3.26. The summed E-state index contributed by atoms with van der Waals surface area (Å²) in [6, 6.07) is 11.7. The Morgan fingerprint density at radius 2 is 1.53 bits per heavy atom. The minimum absolute atomic E-state index is 0.129. The van der Waals surface area contributed by atoms with Gasteiger partial charge in [-0.3, -0.25) is 14.7 Å². The molecule has 8 heteroatoms. The quantitative estimate of drug-likeness (QED) is 0.450. The minimum Gasteiger partial charge on any atom is -0.355 e. The molecule has 0 unspecified atom stereocenters. The third-order valence-corrected chi connectivity index (χ3v) is 6.72. The number of nitrogens with two attached hydrogens (primary N) is 1. The Labute approximate surface area is 199 Å². The van der Waals surface area contributed by atoms with Gasteiger partial charge in [-0.1, -0.05) is 26.0 Å². The second-order valence-electron chi connectivity index (χ2n) is 9.05. The van der Waals surface area contributed by atoms with Crippen LogP contribution in [-0.4, -0.2) is 47.6 Å². The van der Waals surface area contributed by atoms with Crippen LogP contribution in [0.1, 0.15) is 80.8 Å². The first-order valence-electron chi connectivity index (χ1n) is 11.7. The maximum atomic E-state index is 12.4. The molecule has 0 atom stereocenters. The standard InChI is InChI=1S/C26H32N6O2/c1-15(2)22-30-25(32-31-22)26(11-12-27)20-9-7-18(23(33)28-3)13-16(20)5-6-17-14-19(24(34)29-4)8-10-21(17)26/h7-10,13-15H,5-6,11-12,27H2,1-4H3,(H,28,33)(H,29,34)(H,30,31,32). The van der Waals surface area contributed by atoms with Gasteiger partial charge in [0.05, 0.1) is 5.41 Å². The van der Waals surface area contributed by atoms with Crippen LogP contribution in [0.5, 0.6) is 0 Å². The monoisotopic (exact) mass is 460 g/mol. The van der Waals surface area contributed by atoms with E-state index in [2.05, 4.69) is 34.7 Å². The van der Waals surface area contributed by atoms with Gasteiger partial charge in [0, 0.05) is 31.1 Å². The van der Waals surface area contributed by atoms with Crippen molar-refractivity contribution in [3.05, 3.63) is 81.4 Å². The van der Waals surface area contributed by atoms with Crippen LogP contribution in [0, 0.1) is 0 Å². The molecule has 2 aromatic carbocycles. The van der Waals surface area contributed by atoms with Gasteiger partial charge in [0.15, 0.2) is 5.82 Å². The summed E-state index contributed by atoms with van der Waals surface area (Å²) in [5.74, 6) is 1.40. The summed E-state index contributed by atoms with van der Waals surface area (Å²) in [5, 5.41) is 13.2. The van der Waals surface area contributed by atoms with Crippen LogP contribution in [0.3, 0.4) is 0 Å². The van der Waals surface area contributed by atoms with Gasteiger partial charge >= 0.3 is 0 Å². The molecule has 4 rings (SSSR count). The average molecular weight is 461 g/mol. The number of amides is 2. The summed E-state index contributed by atoms with van der Waals surface area (Å²) >= 11 is 0. The minimum atomic E-state index is -0.706. The van der Waals surface area contributed by atoms with Crippen LogP contribution in [-0.2, 0) is 18.3 Å². The van der Waals surface area contributed by atoms with Crippen LogP contribution < -0.4 is 16.4 Å². The van der Waals surface area contributed by atoms with E-state index in [-0.39, 0.29) is 17.7 Å². The molecule has 34 heavy (non-hydrogen) atoms. The van der Waals surface area contributed by atoms with E-state index in [1.807, 2.05) is 36.4 Å². The van der Waals surface area contributed by atoms with Crippen molar-refractivity contribution in [1.29, 1.82) is 0 Å². The van der Waals surface area contributed by atoms with E-state index in [1.54, 1.807) is 14.1 Å². The fourth-order valence-electron chi connectivity index (χ4n) is 4.98. The maximum absolute atomic E-state index is 12.4. The normalized spacial score (nSPS) is 14.2. The van der Waals surface area contributed by atoms with Crippen molar-refractivity contribution in [2.45, 2.75) is 44.4 Å². The Hall–Kier alpha value is -3.52. The van der Waals surface area contributed by atoms with Crippen molar-refractivity contribution in [2.75, 3.05) is 20.6 Å². The summed E-state index contributed by atoms with van der Waals surface area (Å²) in [6.07, 6.45) is 2.03. The second kappa shape index (κ2) is 9.38. The topological polar surface area (TPSA) is 126 Å². The van der Waals surface area contributed by atoms with Crippen LogP contribution in [0.25, 0.3) is 0 Å². The predicted molar refractivity (Wildman–Crippen MR) is 131 cm³/mol. The van der Waals surface area contributed by atoms with Crippen LogP contribution in [0.4, 0.5) is 0 Å². The summed E-state index contributed by atoms with van der Waals surface area (Å²) in [5.41, 5.74) is 10.9. The van der Waals surface area contributed by atoms with Gasteiger partial charge in [0.2, 0.25) is 0 Å². The number of nitrogens with zero attached hydrogens (tertiary/aromatic N) is 2. The largest absolute Gasteiger partial charge is 0.355 e. The zero-order chi connectivity index (χ0) is 24.5. The number of benzene rings is 2. The van der Waals surface area contributed by atoms with Crippen molar-refractivity contribution < 1.29 is 9.59 Å². The van der Waals surface area contributed by atoms with Crippen molar-refractivity contribution >= 4 is 11.8 Å². The maximum Gasteiger partial charge on any atom is 0.251 e. The van der Waals surface area contributed by atoms with Gasteiger partial charge in [0.25, 0.3) is 11.8 Å². The number of aryl methyl sites for hydroxylation is 2. The molecule has 3 aromatic rings. The molecular formula is C26H32N6O2. The van der Waals surface area contributed by atoms with E-state index < -0.39 is 5.41 Å². The number of carbonyl (C=O) groups excluding carboxylic acids is 2. The number of rotatable bonds is 6. The van der Waals surface area contributed by atoms with E-state index in [0.717, 1.165) is 40.9 Å². The number of hydrogen-bond donors (Lipinski definition) is 4. The molecule has 0 fully saturated rings. The van der Waals surface area contributed by atoms with Gasteiger partial charge in [-0.15, -0.1) is 0 Å². The number of hydrogen-bond acceptors (Lipinski definition) is 5. The third-order valence-electron chi connectivity index (χ3n) is 6.72. The highest BCUT2D eigenvalue weighted by atomic mass is 16.2. The molecule has 0 radical (unpaired) electrons. The van der Waals surface area contributed by atoms with E-state index in [1.165, 1.54) is 0 Å². The number of carbonyl (C=O) groups is 2. The van der Waals surface area contributed by atoms with Gasteiger partial charge in [-0.2, -0.15) is 5.10 Å². The molecule has 1 heterocycles. The fourth-order valence-corrected chi connectivity index (χ4v) is 4.98. The SMILES string of the molecule is CNC(=O)c1ccc2c(c1)CCc1cc(C(=O)NC)ccc1C2(CCN)c1n[nH]c(C(C)C)n1. The lowest BCUT2D eigenvalue weighted by Crippen LogP contribution is -2.35. The van der Waals surface area contributed by atoms with E-state index in [0.29, 0.717) is 29.9 Å². The highest BCUT2D eigenvalue weighted by molar-refractivity contribution is 5.95. The zero-order valence-corrected chi connectivity index (χ0v) is 20.2. The number of fused-ring (bicyclic) bond motifs is 2. The third kappa shape index (κ3) is 3.88. The molecule has 0 spiro atoms. The molecule has 0 aliphatic heterocycles. The molecule has 1 aliphatic carbocycles. The number of aromatic amines is 1. The number of H-pyrrole nitrogens is 1. The van der Waals surface area contributed by atoms with Gasteiger partial charge < -0.3 is 16.4 Å². The van der Waals surface area contributed by atoms with Crippen molar-refractivity contribution in [1.82, 2.24) is 25.8 Å². The van der Waals surface area contributed by atoms with Crippen LogP contribution >= 0.6 is 0 Å². The first-order chi connectivity index (χ1) is 16.3. The lowest BCUT2D eigenvalue weighted by atomic mass is 9.69. The van der Waals surface area contributed by atoms with Crippen LogP contribution in [0.2, 0.25) is 0 Å². The fraction of sp³-hybridized carbons (Fsp3) is 0.385. The van der Waals surface area contributed by atoms with Gasteiger partial charge in [0.1, 0.15) is 5.82 Å². The van der Waals surface area contributed by atoms with Crippen molar-refractivity contribution in [2.24, 2.45) is 5.73 Å². The smallest absolute Gasteiger partial charge is 0.251 e. The highest BCUT2D eigenvalue weighted by Gasteiger charge is 2.44. The number of aromatic nitrogens is 3. The lowest BCUT2D eigenvalue weighted by molar-refractivity contribution is 0.0955. The Balaban J connectivity index is 2.03. The van der Waals surface area contributed by atoms with Crippen LogP contribution in [0.15, 0.2) is 36.4 Å². The van der Waals surface area contributed by atoms with E-state index in [9.17, 15) is 9.59 Å². The Bertz CT molecular complexity index is 1160. The van der Waals surface area contributed by atoms with Crippen molar-refractivity contribution in [3.63, 3.8) is 0 Å². The molecule has 0 saturated carbocycles. The predicted octanol–water partition coefficient (Wildman–Crippen LogP) is 2.43. The molecule has 1 aromatic heterocycles. The summed E-state index contributed by atoms with van der Waals surface area (Å²) < 4.78 is 0. The first kappa shape index (κ1) is 23.6. The first-order valence-corrected chi connectivity index (χ1v) is 11.7. The van der Waals surface area contributed by atoms with Gasteiger partial charge in [-0.25, -0.2) is 4.98 Å². The Kier molecular flexibility index (Phi) is 6.52. The molecule has 5 N–H and O–H groups in total. The highest BCUT2D eigenvalue weighted by Crippen LogP contribution is 2.46. The summed E-state index contributed by atoms with van der Waals surface area (Å²) in [4.78, 5) is 29.7. The molecule has 2 amide bonds. The molecule has 0 saturated heterocycles. The van der Waals surface area contributed by atoms with E-state index >= 15 is 0 Å². The molecule has 1 aliphatic rings. The van der Waals surface area contributed by atoms with Gasteiger partial charge in [-0.05, 0) is 72.3 Å². The number of nitrogens with one attached hydrogen (secondary N) is 3. The molecule has 0 bridgehead atoms. The molecule has 8 nitrogen and oxygen atoms in total. The van der Waals surface area contributed by atoms with E-state index in [4.69, 9.17) is 10.7 Å². The summed E-state index contributed by atoms with van der Waals surface area (Å²) in [6.45, 7) is 4.55. The Morgan fingerprint density at radius 1 is 1.00 bits per heavy atom. The molecule has 178 valence electrons. The Morgan fingerprint density at radius 3 is 1.94 bits per heavy atom. The lowest BCUT2D eigenvalue weighted by Gasteiger charge is -2.34.